The van der Waals surface area contributed by atoms with E-state index in [9.17, 15) is 18.0 Å². The number of hydrogen-bond acceptors (Lipinski definition) is 5. The summed E-state index contributed by atoms with van der Waals surface area (Å²) < 4.78 is 31.3. The highest BCUT2D eigenvalue weighted by Gasteiger charge is 2.26. The predicted molar refractivity (Wildman–Crippen MR) is 86.7 cm³/mol. The van der Waals surface area contributed by atoms with Gasteiger partial charge >= 0.3 is 5.97 Å². The van der Waals surface area contributed by atoms with Crippen molar-refractivity contribution in [3.05, 3.63) is 29.3 Å². The van der Waals surface area contributed by atoms with Gasteiger partial charge in [0.1, 0.15) is 6.04 Å². The first-order valence-corrected chi connectivity index (χ1v) is 8.77. The molecule has 1 atom stereocenters. The molecule has 0 saturated heterocycles. The third-order valence-electron chi connectivity index (χ3n) is 2.99. The van der Waals surface area contributed by atoms with E-state index >= 15 is 0 Å². The second-order valence-electron chi connectivity index (χ2n) is 6.08. The number of nitrogens with one attached hydrogen (secondary N) is 1. The molecule has 0 aliphatic heterocycles. The second-order valence-corrected chi connectivity index (χ2v) is 8.23. The molecule has 0 fully saturated rings. The Morgan fingerprint density at radius 2 is 1.74 bits per heavy atom. The van der Waals surface area contributed by atoms with E-state index in [1.807, 2.05) is 0 Å². The number of carbonyl (C=O) groups excluding carboxylic acids is 2. The van der Waals surface area contributed by atoms with Crippen LogP contribution >= 0.6 is 11.6 Å². The number of ether oxygens (including phenoxy) is 1. The van der Waals surface area contributed by atoms with Crippen LogP contribution in [-0.2, 0) is 24.3 Å². The van der Waals surface area contributed by atoms with Crippen molar-refractivity contribution < 1.29 is 22.7 Å². The third kappa shape index (κ3) is 5.93. The quantitative estimate of drug-likeness (QED) is 0.784. The molecule has 0 aromatic heterocycles. The number of halogens is 1. The Kier molecular flexibility index (Phi) is 6.33. The average molecular weight is 362 g/mol. The molecule has 128 valence electrons. The zero-order valence-electron chi connectivity index (χ0n) is 13.4. The number of esters is 1. The molecule has 0 radical (unpaired) electrons. The van der Waals surface area contributed by atoms with E-state index in [1.165, 1.54) is 31.2 Å². The molecule has 0 aliphatic rings. The van der Waals surface area contributed by atoms with Gasteiger partial charge in [0.2, 0.25) is 10.0 Å². The van der Waals surface area contributed by atoms with E-state index < -0.39 is 34.1 Å². The molecule has 6 nitrogen and oxygen atoms in total. The van der Waals surface area contributed by atoms with Crippen molar-refractivity contribution in [2.24, 2.45) is 5.41 Å². The lowest BCUT2D eigenvalue weighted by atomic mass is 9.91. The summed E-state index contributed by atoms with van der Waals surface area (Å²) in [5.74, 6) is -1.07. The maximum absolute atomic E-state index is 12.1. The summed E-state index contributed by atoms with van der Waals surface area (Å²) in [4.78, 5) is 23.5. The Labute approximate surface area is 141 Å². The molecule has 1 N–H and O–H groups in total. The van der Waals surface area contributed by atoms with Crippen molar-refractivity contribution in [3.8, 4) is 0 Å². The number of benzene rings is 1. The first-order valence-electron chi connectivity index (χ1n) is 6.91. The molecule has 0 saturated carbocycles. The molecule has 23 heavy (non-hydrogen) atoms. The number of carbonyl (C=O) groups is 2. The smallest absolute Gasteiger partial charge is 0.324 e. The van der Waals surface area contributed by atoms with E-state index in [2.05, 4.69) is 4.72 Å². The minimum Gasteiger partial charge on any atom is -0.456 e. The summed E-state index contributed by atoms with van der Waals surface area (Å²) in [6, 6.07) is 4.39. The fourth-order valence-corrected chi connectivity index (χ4v) is 2.76. The third-order valence-corrected chi connectivity index (χ3v) is 4.80. The van der Waals surface area contributed by atoms with Crippen LogP contribution in [-0.4, -0.2) is 32.8 Å². The SMILES string of the molecule is CC(NS(=O)(=O)c1ccc(Cl)cc1)C(=O)OCC(=O)C(C)(C)C. The maximum atomic E-state index is 12.1. The first kappa shape index (κ1) is 19.6. The molecule has 1 rings (SSSR count). The van der Waals surface area contributed by atoms with Crippen LogP contribution in [0.15, 0.2) is 29.2 Å². The van der Waals surface area contributed by atoms with Gasteiger partial charge in [0.15, 0.2) is 12.4 Å². The lowest BCUT2D eigenvalue weighted by molar-refractivity contribution is -0.151. The van der Waals surface area contributed by atoms with Crippen molar-refractivity contribution in [2.75, 3.05) is 6.61 Å². The van der Waals surface area contributed by atoms with Gasteiger partial charge in [-0.3, -0.25) is 9.59 Å². The molecule has 1 unspecified atom stereocenters. The maximum Gasteiger partial charge on any atom is 0.324 e. The van der Waals surface area contributed by atoms with Crippen LogP contribution in [0.3, 0.4) is 0 Å². The van der Waals surface area contributed by atoms with Gasteiger partial charge in [-0.05, 0) is 31.2 Å². The highest BCUT2D eigenvalue weighted by Crippen LogP contribution is 2.16. The zero-order valence-corrected chi connectivity index (χ0v) is 15.0. The Morgan fingerprint density at radius 3 is 2.22 bits per heavy atom. The largest absolute Gasteiger partial charge is 0.456 e. The topological polar surface area (TPSA) is 89.5 Å². The fraction of sp³-hybridized carbons (Fsp3) is 0.467. The van der Waals surface area contributed by atoms with Crippen molar-refractivity contribution in [2.45, 2.75) is 38.6 Å². The molecule has 0 amide bonds. The summed E-state index contributed by atoms with van der Waals surface area (Å²) in [7, 11) is -3.88. The minimum atomic E-state index is -3.88. The summed E-state index contributed by atoms with van der Waals surface area (Å²) in [6.45, 7) is 6.06. The van der Waals surface area contributed by atoms with Gasteiger partial charge in [0, 0.05) is 10.4 Å². The molecule has 0 heterocycles. The standard InChI is InChI=1S/C15H20ClNO5S/c1-10(14(19)22-9-13(18)15(2,3)4)17-23(20,21)12-7-5-11(16)6-8-12/h5-8,10,17H,9H2,1-4H3. The van der Waals surface area contributed by atoms with Crippen molar-refractivity contribution >= 4 is 33.4 Å². The predicted octanol–water partition coefficient (Wildman–Crippen LogP) is 2.17. The Hall–Kier alpha value is -1.44. The van der Waals surface area contributed by atoms with Gasteiger partial charge < -0.3 is 4.74 Å². The highest BCUT2D eigenvalue weighted by molar-refractivity contribution is 7.89. The molecule has 8 heteroatoms. The number of hydrogen-bond donors (Lipinski definition) is 1. The van der Waals surface area contributed by atoms with E-state index in [4.69, 9.17) is 16.3 Å². The van der Waals surface area contributed by atoms with Gasteiger partial charge in [-0.1, -0.05) is 32.4 Å². The minimum absolute atomic E-state index is 0.0210. The van der Waals surface area contributed by atoms with Crippen LogP contribution < -0.4 is 4.72 Å². The Morgan fingerprint density at radius 1 is 1.22 bits per heavy atom. The van der Waals surface area contributed by atoms with Gasteiger partial charge in [-0.15, -0.1) is 0 Å². The molecule has 0 spiro atoms. The van der Waals surface area contributed by atoms with E-state index in [1.54, 1.807) is 20.8 Å². The van der Waals surface area contributed by atoms with Crippen molar-refractivity contribution in [3.63, 3.8) is 0 Å². The van der Waals surface area contributed by atoms with Gasteiger partial charge in [0.25, 0.3) is 0 Å². The monoisotopic (exact) mass is 361 g/mol. The van der Waals surface area contributed by atoms with Gasteiger partial charge in [0.05, 0.1) is 4.90 Å². The van der Waals surface area contributed by atoms with Crippen LogP contribution in [0.25, 0.3) is 0 Å². The summed E-state index contributed by atoms with van der Waals surface area (Å²) in [6.07, 6.45) is 0. The summed E-state index contributed by atoms with van der Waals surface area (Å²) in [5, 5.41) is 0.400. The van der Waals surface area contributed by atoms with Gasteiger partial charge in [-0.2, -0.15) is 4.72 Å². The summed E-state index contributed by atoms with van der Waals surface area (Å²) >= 11 is 5.70. The zero-order chi connectivity index (χ0) is 17.8. The lowest BCUT2D eigenvalue weighted by Gasteiger charge is -2.18. The molecule has 0 aliphatic carbocycles. The van der Waals surface area contributed by atoms with E-state index in [0.717, 1.165) is 0 Å². The van der Waals surface area contributed by atoms with E-state index in [0.29, 0.717) is 5.02 Å². The van der Waals surface area contributed by atoms with Crippen molar-refractivity contribution in [1.29, 1.82) is 0 Å². The van der Waals surface area contributed by atoms with Crippen LogP contribution in [0, 0.1) is 5.41 Å². The molecule has 1 aromatic carbocycles. The summed E-state index contributed by atoms with van der Waals surface area (Å²) in [5.41, 5.74) is -0.633. The average Bonchev–Trinajstić information content (AvgIpc) is 2.43. The fourth-order valence-electron chi connectivity index (χ4n) is 1.44. The molecular formula is C15H20ClNO5S. The number of Topliss-reactive ketones (excluding diaryl/α,β-unsaturated/α-hetero) is 1. The number of ketones is 1. The highest BCUT2D eigenvalue weighted by atomic mass is 35.5. The van der Waals surface area contributed by atoms with Crippen LogP contribution in [0.4, 0.5) is 0 Å². The molecule has 1 aromatic rings. The van der Waals surface area contributed by atoms with E-state index in [-0.39, 0.29) is 10.7 Å². The van der Waals surface area contributed by atoms with Crippen LogP contribution in [0.2, 0.25) is 5.02 Å². The Bertz CT molecular complexity index is 677. The molecular weight excluding hydrogens is 342 g/mol. The number of rotatable bonds is 6. The second kappa shape index (κ2) is 7.42. The van der Waals surface area contributed by atoms with Crippen LogP contribution in [0.5, 0.6) is 0 Å². The first-order chi connectivity index (χ1) is 10.4. The van der Waals surface area contributed by atoms with Crippen molar-refractivity contribution in [1.82, 2.24) is 4.72 Å². The number of sulfonamides is 1. The van der Waals surface area contributed by atoms with Gasteiger partial charge in [-0.25, -0.2) is 8.42 Å². The molecule has 0 bridgehead atoms. The normalized spacial score (nSPS) is 13.4. The lowest BCUT2D eigenvalue weighted by Crippen LogP contribution is -2.40. The Balaban J connectivity index is 2.67. The van der Waals surface area contributed by atoms with Crippen LogP contribution in [0.1, 0.15) is 27.7 Å².